The number of nitrogens with zero attached hydrogens (tertiary/aromatic N) is 3. The van der Waals surface area contributed by atoms with Crippen molar-refractivity contribution in [2.24, 2.45) is 0 Å². The van der Waals surface area contributed by atoms with Gasteiger partial charge in [0, 0.05) is 30.7 Å². The number of hydrogen-bond donors (Lipinski definition) is 0. The number of aromatic nitrogens is 2. The van der Waals surface area contributed by atoms with Crippen LogP contribution in [0.4, 0.5) is 0 Å². The van der Waals surface area contributed by atoms with Gasteiger partial charge in [-0.1, -0.05) is 6.92 Å². The van der Waals surface area contributed by atoms with Crippen LogP contribution >= 0.6 is 11.6 Å². The molecule has 0 aliphatic carbocycles. The molecule has 1 saturated heterocycles. The first-order valence-electron chi connectivity index (χ1n) is 7.58. The molecule has 0 spiro atoms. The summed E-state index contributed by atoms with van der Waals surface area (Å²) >= 11 is 5.81. The molecule has 1 aromatic rings. The average Bonchev–Trinajstić information content (AvgIpc) is 3.05. The molecule has 0 bridgehead atoms. The highest BCUT2D eigenvalue weighted by molar-refractivity contribution is 6.17. The molecular weight excluding hydrogens is 258 g/mol. The van der Waals surface area contributed by atoms with Crippen LogP contribution in [0, 0.1) is 0 Å². The Labute approximate surface area is 121 Å². The molecule has 0 amide bonds. The first-order chi connectivity index (χ1) is 9.24. The van der Waals surface area contributed by atoms with Crippen LogP contribution < -0.4 is 0 Å². The maximum atomic E-state index is 5.81. The number of hydrogen-bond acceptors (Lipinski definition) is 2. The predicted molar refractivity (Wildman–Crippen MR) is 80.6 cm³/mol. The van der Waals surface area contributed by atoms with Gasteiger partial charge in [-0.3, -0.25) is 9.58 Å². The standard InChI is InChI=1S/C15H26ClN3/c1-3-13(2)19-11-8-14(17-19)12-18-10-5-7-15(18)6-4-9-16/h8,11,13,15H,3-7,9-10,12H2,1-2H3. The molecule has 108 valence electrons. The van der Waals surface area contributed by atoms with Crippen molar-refractivity contribution in [1.29, 1.82) is 0 Å². The van der Waals surface area contributed by atoms with Gasteiger partial charge in [0.25, 0.3) is 0 Å². The molecule has 1 fully saturated rings. The summed E-state index contributed by atoms with van der Waals surface area (Å²) in [6.45, 7) is 6.63. The fourth-order valence-electron chi connectivity index (χ4n) is 2.85. The lowest BCUT2D eigenvalue weighted by Gasteiger charge is -2.23. The van der Waals surface area contributed by atoms with Crippen molar-refractivity contribution in [3.05, 3.63) is 18.0 Å². The third-order valence-corrected chi connectivity index (χ3v) is 4.51. The molecule has 1 aromatic heterocycles. The lowest BCUT2D eigenvalue weighted by molar-refractivity contribution is 0.230. The molecular formula is C15H26ClN3. The third-order valence-electron chi connectivity index (χ3n) is 4.24. The van der Waals surface area contributed by atoms with Crippen molar-refractivity contribution in [1.82, 2.24) is 14.7 Å². The van der Waals surface area contributed by atoms with Crippen molar-refractivity contribution < 1.29 is 0 Å². The minimum Gasteiger partial charge on any atom is -0.294 e. The SMILES string of the molecule is CCC(C)n1ccc(CN2CCCC2CCCCl)n1. The van der Waals surface area contributed by atoms with Gasteiger partial charge in [0.2, 0.25) is 0 Å². The lowest BCUT2D eigenvalue weighted by atomic mass is 10.1. The van der Waals surface area contributed by atoms with Gasteiger partial charge in [0.1, 0.15) is 0 Å². The van der Waals surface area contributed by atoms with Crippen molar-refractivity contribution in [2.75, 3.05) is 12.4 Å². The summed E-state index contributed by atoms with van der Waals surface area (Å²) in [6.07, 6.45) is 8.25. The van der Waals surface area contributed by atoms with Crippen LogP contribution in [0.3, 0.4) is 0 Å². The largest absolute Gasteiger partial charge is 0.294 e. The second-order valence-corrected chi connectivity index (χ2v) is 6.02. The number of likely N-dealkylation sites (tertiary alicyclic amines) is 1. The first-order valence-corrected chi connectivity index (χ1v) is 8.12. The zero-order valence-corrected chi connectivity index (χ0v) is 12.9. The van der Waals surface area contributed by atoms with Gasteiger partial charge in [0.15, 0.2) is 0 Å². The summed E-state index contributed by atoms with van der Waals surface area (Å²) in [5.74, 6) is 0.785. The van der Waals surface area contributed by atoms with Crippen LogP contribution in [-0.2, 0) is 6.54 Å². The van der Waals surface area contributed by atoms with Crippen molar-refractivity contribution >= 4 is 11.6 Å². The van der Waals surface area contributed by atoms with Crippen molar-refractivity contribution in [2.45, 2.75) is 64.6 Å². The molecule has 2 heterocycles. The Morgan fingerprint density at radius 1 is 1.53 bits per heavy atom. The monoisotopic (exact) mass is 283 g/mol. The summed E-state index contributed by atoms with van der Waals surface area (Å²) in [5.41, 5.74) is 1.21. The molecule has 0 N–H and O–H groups in total. The zero-order valence-electron chi connectivity index (χ0n) is 12.2. The average molecular weight is 284 g/mol. The van der Waals surface area contributed by atoms with Gasteiger partial charge in [-0.05, 0) is 51.6 Å². The predicted octanol–water partition coefficient (Wildman–Crippen LogP) is 3.84. The maximum Gasteiger partial charge on any atom is 0.0764 e. The van der Waals surface area contributed by atoms with Gasteiger partial charge >= 0.3 is 0 Å². The summed E-state index contributed by atoms with van der Waals surface area (Å²) in [7, 11) is 0. The second kappa shape index (κ2) is 7.30. The topological polar surface area (TPSA) is 21.1 Å². The Balaban J connectivity index is 1.90. The zero-order chi connectivity index (χ0) is 13.7. The Morgan fingerprint density at radius 2 is 2.37 bits per heavy atom. The molecule has 0 aromatic carbocycles. The Hall–Kier alpha value is -0.540. The van der Waals surface area contributed by atoms with Gasteiger partial charge in [-0.15, -0.1) is 11.6 Å². The minimum atomic E-state index is 0.499. The molecule has 2 atom stereocenters. The summed E-state index contributed by atoms with van der Waals surface area (Å²) in [5, 5.41) is 4.71. The quantitative estimate of drug-likeness (QED) is 0.709. The Bertz CT molecular complexity index is 377. The van der Waals surface area contributed by atoms with E-state index in [0.717, 1.165) is 25.3 Å². The molecule has 2 unspecified atom stereocenters. The molecule has 3 nitrogen and oxygen atoms in total. The fourth-order valence-corrected chi connectivity index (χ4v) is 3.00. The molecule has 2 rings (SSSR count). The highest BCUT2D eigenvalue weighted by atomic mass is 35.5. The number of rotatable bonds is 7. The number of alkyl halides is 1. The van der Waals surface area contributed by atoms with Crippen molar-refractivity contribution in [3.8, 4) is 0 Å². The van der Waals surface area contributed by atoms with E-state index in [4.69, 9.17) is 16.7 Å². The van der Waals surface area contributed by atoms with E-state index >= 15 is 0 Å². The Kier molecular flexibility index (Phi) is 5.71. The molecule has 4 heteroatoms. The van der Waals surface area contributed by atoms with E-state index in [9.17, 15) is 0 Å². The second-order valence-electron chi connectivity index (χ2n) is 5.64. The van der Waals surface area contributed by atoms with Crippen LogP contribution in [0.2, 0.25) is 0 Å². The first kappa shape index (κ1) is 14.9. The van der Waals surface area contributed by atoms with Crippen LogP contribution in [-0.4, -0.2) is 33.1 Å². The van der Waals surface area contributed by atoms with E-state index in [1.807, 2.05) is 0 Å². The van der Waals surface area contributed by atoms with Gasteiger partial charge in [-0.2, -0.15) is 5.10 Å². The fraction of sp³-hybridized carbons (Fsp3) is 0.800. The summed E-state index contributed by atoms with van der Waals surface area (Å²) < 4.78 is 2.10. The molecule has 0 radical (unpaired) electrons. The van der Waals surface area contributed by atoms with E-state index in [-0.39, 0.29) is 0 Å². The van der Waals surface area contributed by atoms with E-state index in [1.54, 1.807) is 0 Å². The van der Waals surface area contributed by atoms with Gasteiger partial charge in [0.05, 0.1) is 5.69 Å². The van der Waals surface area contributed by atoms with Crippen molar-refractivity contribution in [3.63, 3.8) is 0 Å². The molecule has 19 heavy (non-hydrogen) atoms. The third kappa shape index (κ3) is 3.96. The lowest BCUT2D eigenvalue weighted by Crippen LogP contribution is -2.29. The van der Waals surface area contributed by atoms with Gasteiger partial charge in [-0.25, -0.2) is 0 Å². The van der Waals surface area contributed by atoms with E-state index in [2.05, 4.69) is 35.7 Å². The van der Waals surface area contributed by atoms with E-state index in [1.165, 1.54) is 31.5 Å². The normalized spacial score (nSPS) is 21.9. The van der Waals surface area contributed by atoms with Gasteiger partial charge < -0.3 is 0 Å². The van der Waals surface area contributed by atoms with Crippen LogP contribution in [0.25, 0.3) is 0 Å². The van der Waals surface area contributed by atoms with Crippen LogP contribution in [0.1, 0.15) is 57.7 Å². The minimum absolute atomic E-state index is 0.499. The van der Waals surface area contributed by atoms with E-state index in [0.29, 0.717) is 12.1 Å². The molecule has 1 aliphatic heterocycles. The highest BCUT2D eigenvalue weighted by Gasteiger charge is 2.24. The summed E-state index contributed by atoms with van der Waals surface area (Å²) in [4.78, 5) is 2.58. The smallest absolute Gasteiger partial charge is 0.0764 e. The number of halogens is 1. The summed E-state index contributed by atoms with van der Waals surface area (Å²) in [6, 6.07) is 3.38. The molecule has 1 aliphatic rings. The highest BCUT2D eigenvalue weighted by Crippen LogP contribution is 2.23. The maximum absolute atomic E-state index is 5.81. The Morgan fingerprint density at radius 3 is 3.11 bits per heavy atom. The van der Waals surface area contributed by atoms with E-state index < -0.39 is 0 Å². The molecule has 0 saturated carbocycles. The van der Waals surface area contributed by atoms with Crippen LogP contribution in [0.15, 0.2) is 12.3 Å². The van der Waals surface area contributed by atoms with Crippen LogP contribution in [0.5, 0.6) is 0 Å².